The molecule has 1 aromatic carbocycles. The minimum Gasteiger partial charge on any atom is -0.350 e. The third kappa shape index (κ3) is 3.28. The molecule has 2 N–H and O–H groups in total. The van der Waals surface area contributed by atoms with Crippen LogP contribution in [0.25, 0.3) is 11.0 Å². The molecule has 25 heavy (non-hydrogen) atoms. The molecule has 0 bridgehead atoms. The maximum atomic E-state index is 12.2. The van der Waals surface area contributed by atoms with Gasteiger partial charge in [0, 0.05) is 26.1 Å². The van der Waals surface area contributed by atoms with Gasteiger partial charge in [-0.1, -0.05) is 12.1 Å². The molecule has 1 aliphatic heterocycles. The number of hydrogen-bond acceptors (Lipinski definition) is 4. The molecule has 1 amide bonds. The second-order valence-corrected chi connectivity index (χ2v) is 6.35. The molecule has 1 aliphatic rings. The molecule has 0 unspecified atom stereocenters. The first kappa shape index (κ1) is 15.8. The maximum Gasteiger partial charge on any atom is 0.222 e. The van der Waals surface area contributed by atoms with Gasteiger partial charge >= 0.3 is 0 Å². The SMILES string of the molecule is Cc1nc2ccccc2n1CCC(=O)NCc1cc2n(n1)CCNC2. The predicted octanol–water partition coefficient (Wildman–Crippen LogP) is 1.35. The Morgan fingerprint density at radius 2 is 2.24 bits per heavy atom. The summed E-state index contributed by atoms with van der Waals surface area (Å²) in [4.78, 5) is 16.7. The average molecular weight is 338 g/mol. The highest BCUT2D eigenvalue weighted by molar-refractivity contribution is 5.77. The zero-order valence-electron chi connectivity index (χ0n) is 14.3. The van der Waals surface area contributed by atoms with Crippen molar-refractivity contribution in [2.24, 2.45) is 0 Å². The highest BCUT2D eigenvalue weighted by Crippen LogP contribution is 2.15. The molecule has 0 aliphatic carbocycles. The van der Waals surface area contributed by atoms with E-state index in [4.69, 9.17) is 0 Å². The molecule has 0 fully saturated rings. The fourth-order valence-corrected chi connectivity index (χ4v) is 3.31. The van der Waals surface area contributed by atoms with Crippen LogP contribution in [0.5, 0.6) is 0 Å². The van der Waals surface area contributed by atoms with Crippen molar-refractivity contribution >= 4 is 16.9 Å². The van der Waals surface area contributed by atoms with E-state index in [1.54, 1.807) is 0 Å². The number of para-hydroxylation sites is 2. The Balaban J connectivity index is 1.34. The minimum atomic E-state index is 0.0290. The van der Waals surface area contributed by atoms with E-state index in [0.29, 0.717) is 19.5 Å². The first-order chi connectivity index (χ1) is 12.2. The molecule has 0 saturated heterocycles. The zero-order chi connectivity index (χ0) is 17.2. The van der Waals surface area contributed by atoms with E-state index >= 15 is 0 Å². The van der Waals surface area contributed by atoms with E-state index in [2.05, 4.69) is 31.3 Å². The number of nitrogens with one attached hydrogen (secondary N) is 2. The Bertz CT molecular complexity index is 886. The van der Waals surface area contributed by atoms with Gasteiger partial charge in [-0.15, -0.1) is 0 Å². The van der Waals surface area contributed by atoms with Gasteiger partial charge in [-0.3, -0.25) is 9.48 Å². The summed E-state index contributed by atoms with van der Waals surface area (Å²) in [5.74, 6) is 0.963. The second kappa shape index (κ2) is 6.68. The summed E-state index contributed by atoms with van der Waals surface area (Å²) in [5.41, 5.74) is 4.13. The molecule has 0 radical (unpaired) electrons. The quantitative estimate of drug-likeness (QED) is 0.736. The number of aryl methyl sites for hydroxylation is 2. The molecule has 130 valence electrons. The van der Waals surface area contributed by atoms with E-state index in [9.17, 15) is 4.79 Å². The molecular weight excluding hydrogens is 316 g/mol. The summed E-state index contributed by atoms with van der Waals surface area (Å²) in [6.07, 6.45) is 0.427. The highest BCUT2D eigenvalue weighted by Gasteiger charge is 2.13. The smallest absolute Gasteiger partial charge is 0.222 e. The number of fused-ring (bicyclic) bond motifs is 2. The van der Waals surface area contributed by atoms with Crippen molar-refractivity contribution in [2.45, 2.75) is 39.5 Å². The van der Waals surface area contributed by atoms with Crippen LogP contribution in [0.3, 0.4) is 0 Å². The average Bonchev–Trinajstić information content (AvgIpc) is 3.18. The number of carbonyl (C=O) groups excluding carboxylic acids is 1. The van der Waals surface area contributed by atoms with E-state index in [1.807, 2.05) is 35.9 Å². The van der Waals surface area contributed by atoms with Crippen LogP contribution in [0.15, 0.2) is 30.3 Å². The Labute approximate surface area is 146 Å². The van der Waals surface area contributed by atoms with Gasteiger partial charge < -0.3 is 15.2 Å². The van der Waals surface area contributed by atoms with Crippen LogP contribution in [0, 0.1) is 6.92 Å². The van der Waals surface area contributed by atoms with Crippen molar-refractivity contribution in [2.75, 3.05) is 6.54 Å². The molecule has 3 heterocycles. The maximum absolute atomic E-state index is 12.2. The van der Waals surface area contributed by atoms with Crippen molar-refractivity contribution < 1.29 is 4.79 Å². The zero-order valence-corrected chi connectivity index (χ0v) is 14.3. The van der Waals surface area contributed by atoms with Gasteiger partial charge in [0.25, 0.3) is 0 Å². The fraction of sp³-hybridized carbons (Fsp3) is 0.389. The van der Waals surface area contributed by atoms with Gasteiger partial charge in [0.15, 0.2) is 0 Å². The van der Waals surface area contributed by atoms with Crippen molar-refractivity contribution in [3.05, 3.63) is 47.5 Å². The lowest BCUT2D eigenvalue weighted by molar-refractivity contribution is -0.121. The number of imidazole rings is 1. The van der Waals surface area contributed by atoms with Crippen molar-refractivity contribution in [1.82, 2.24) is 30.0 Å². The first-order valence-corrected chi connectivity index (χ1v) is 8.65. The van der Waals surface area contributed by atoms with E-state index in [0.717, 1.165) is 42.2 Å². The van der Waals surface area contributed by atoms with Gasteiger partial charge in [-0.05, 0) is 25.1 Å². The lowest BCUT2D eigenvalue weighted by atomic mass is 10.3. The van der Waals surface area contributed by atoms with Gasteiger partial charge in [0.2, 0.25) is 5.91 Å². The summed E-state index contributed by atoms with van der Waals surface area (Å²) in [6.45, 7) is 5.74. The third-order valence-electron chi connectivity index (χ3n) is 4.59. The third-order valence-corrected chi connectivity index (χ3v) is 4.59. The number of benzene rings is 1. The molecule has 0 spiro atoms. The Morgan fingerprint density at radius 3 is 3.12 bits per heavy atom. The van der Waals surface area contributed by atoms with Crippen molar-refractivity contribution in [1.29, 1.82) is 0 Å². The summed E-state index contributed by atoms with van der Waals surface area (Å²) in [6, 6.07) is 10.1. The Morgan fingerprint density at radius 1 is 1.36 bits per heavy atom. The lowest BCUT2D eigenvalue weighted by Crippen LogP contribution is -2.28. The molecule has 0 atom stereocenters. The predicted molar refractivity (Wildman–Crippen MR) is 94.9 cm³/mol. The molecule has 7 nitrogen and oxygen atoms in total. The number of nitrogens with zero attached hydrogens (tertiary/aromatic N) is 4. The molecule has 3 aromatic rings. The standard InChI is InChI=1S/C18H22N6O/c1-13-21-16-4-2-3-5-17(16)23(13)8-6-18(25)20-11-14-10-15-12-19-7-9-24(15)22-14/h2-5,10,19H,6-9,11-12H2,1H3,(H,20,25). The topological polar surface area (TPSA) is 76.8 Å². The Hall–Kier alpha value is -2.67. The molecule has 7 heteroatoms. The fourth-order valence-electron chi connectivity index (χ4n) is 3.31. The minimum absolute atomic E-state index is 0.0290. The van der Waals surface area contributed by atoms with Gasteiger partial charge in [0.1, 0.15) is 5.82 Å². The van der Waals surface area contributed by atoms with Crippen LogP contribution >= 0.6 is 0 Å². The monoisotopic (exact) mass is 338 g/mol. The summed E-state index contributed by atoms with van der Waals surface area (Å²) in [7, 11) is 0. The van der Waals surface area contributed by atoms with E-state index < -0.39 is 0 Å². The first-order valence-electron chi connectivity index (χ1n) is 8.65. The molecule has 4 rings (SSSR count). The molecule has 2 aromatic heterocycles. The number of hydrogen-bond donors (Lipinski definition) is 2. The molecule has 0 saturated carbocycles. The van der Waals surface area contributed by atoms with Crippen LogP contribution in [-0.2, 0) is 31.0 Å². The Kier molecular flexibility index (Phi) is 4.23. The van der Waals surface area contributed by atoms with E-state index in [1.165, 1.54) is 5.69 Å². The van der Waals surface area contributed by atoms with Crippen LogP contribution in [0.2, 0.25) is 0 Å². The van der Waals surface area contributed by atoms with Gasteiger partial charge in [-0.25, -0.2) is 4.98 Å². The van der Waals surface area contributed by atoms with Crippen LogP contribution in [0.4, 0.5) is 0 Å². The summed E-state index contributed by atoms with van der Waals surface area (Å²) < 4.78 is 4.11. The highest BCUT2D eigenvalue weighted by atomic mass is 16.1. The number of aromatic nitrogens is 4. The van der Waals surface area contributed by atoms with Gasteiger partial charge in [0.05, 0.1) is 35.5 Å². The number of rotatable bonds is 5. The molecular formula is C18H22N6O. The summed E-state index contributed by atoms with van der Waals surface area (Å²) in [5, 5.41) is 10.8. The van der Waals surface area contributed by atoms with Gasteiger partial charge in [-0.2, -0.15) is 5.10 Å². The lowest BCUT2D eigenvalue weighted by Gasteiger charge is -2.13. The van der Waals surface area contributed by atoms with Crippen molar-refractivity contribution in [3.8, 4) is 0 Å². The largest absolute Gasteiger partial charge is 0.350 e. The number of carbonyl (C=O) groups is 1. The van der Waals surface area contributed by atoms with Crippen LogP contribution in [0.1, 0.15) is 23.6 Å². The van der Waals surface area contributed by atoms with Crippen LogP contribution in [-0.4, -0.2) is 31.8 Å². The van der Waals surface area contributed by atoms with Crippen molar-refractivity contribution in [3.63, 3.8) is 0 Å². The normalized spacial score (nSPS) is 13.8. The number of amides is 1. The van der Waals surface area contributed by atoms with E-state index in [-0.39, 0.29) is 5.91 Å². The summed E-state index contributed by atoms with van der Waals surface area (Å²) >= 11 is 0. The van der Waals surface area contributed by atoms with Crippen LogP contribution < -0.4 is 10.6 Å². The second-order valence-electron chi connectivity index (χ2n) is 6.35.